The summed E-state index contributed by atoms with van der Waals surface area (Å²) >= 11 is 0. The van der Waals surface area contributed by atoms with E-state index < -0.39 is 0 Å². The second-order valence-corrected chi connectivity index (χ2v) is 6.81. The predicted octanol–water partition coefficient (Wildman–Crippen LogP) is 2.94. The molecule has 1 aromatic heterocycles. The quantitative estimate of drug-likeness (QED) is 0.866. The van der Waals surface area contributed by atoms with Gasteiger partial charge in [-0.3, -0.25) is 4.79 Å². The van der Waals surface area contributed by atoms with Crippen LogP contribution in [-0.4, -0.2) is 41.0 Å². The van der Waals surface area contributed by atoms with Crippen molar-refractivity contribution in [2.45, 2.75) is 46.2 Å². The molecule has 2 rings (SSSR count). The van der Waals surface area contributed by atoms with Gasteiger partial charge >= 0.3 is 0 Å². The number of rotatable bonds is 3. The highest BCUT2D eigenvalue weighted by Gasteiger charge is 2.36. The van der Waals surface area contributed by atoms with Gasteiger partial charge in [-0.2, -0.15) is 0 Å². The molecule has 0 spiro atoms. The van der Waals surface area contributed by atoms with Crippen LogP contribution in [0.5, 0.6) is 0 Å². The number of halogens is 2. The zero-order chi connectivity index (χ0) is 15.6. The van der Waals surface area contributed by atoms with Gasteiger partial charge in [0.15, 0.2) is 0 Å². The van der Waals surface area contributed by atoms with Gasteiger partial charge in [0.1, 0.15) is 5.82 Å². The van der Waals surface area contributed by atoms with Gasteiger partial charge < -0.3 is 16.0 Å². The number of nitrogens with two attached hydrogens (primary N) is 1. The fraction of sp³-hybridized carbons (Fsp3) is 0.625. The maximum Gasteiger partial charge on any atom is 0.257 e. The van der Waals surface area contributed by atoms with Gasteiger partial charge in [0, 0.05) is 31.4 Å². The molecule has 0 aliphatic carbocycles. The summed E-state index contributed by atoms with van der Waals surface area (Å²) in [5.41, 5.74) is 6.73. The van der Waals surface area contributed by atoms with E-state index in [1.165, 1.54) is 0 Å². The lowest BCUT2D eigenvalue weighted by atomic mass is 9.79. The van der Waals surface area contributed by atoms with Crippen molar-refractivity contribution in [2.75, 3.05) is 18.4 Å². The molecule has 7 heteroatoms. The van der Waals surface area contributed by atoms with Crippen LogP contribution >= 0.6 is 24.8 Å². The molecule has 1 aromatic rings. The van der Waals surface area contributed by atoms with Crippen LogP contribution in [0, 0.1) is 5.41 Å². The van der Waals surface area contributed by atoms with E-state index in [1.807, 2.05) is 24.8 Å². The fourth-order valence-corrected chi connectivity index (χ4v) is 2.68. The Kier molecular flexibility index (Phi) is 8.32. The van der Waals surface area contributed by atoms with Gasteiger partial charge in [-0.15, -0.1) is 24.8 Å². The van der Waals surface area contributed by atoms with E-state index in [4.69, 9.17) is 5.73 Å². The Morgan fingerprint density at radius 3 is 2.65 bits per heavy atom. The molecule has 1 aliphatic rings. The highest BCUT2D eigenvalue weighted by Crippen LogP contribution is 2.29. The van der Waals surface area contributed by atoms with Crippen LogP contribution in [0.15, 0.2) is 18.3 Å². The van der Waals surface area contributed by atoms with Crippen molar-refractivity contribution in [3.8, 4) is 0 Å². The van der Waals surface area contributed by atoms with Crippen LogP contribution < -0.4 is 11.1 Å². The van der Waals surface area contributed by atoms with Crippen LogP contribution in [0.1, 0.15) is 44.5 Å². The van der Waals surface area contributed by atoms with Crippen molar-refractivity contribution in [3.63, 3.8) is 0 Å². The fourth-order valence-electron chi connectivity index (χ4n) is 2.68. The van der Waals surface area contributed by atoms with Gasteiger partial charge in [-0.1, -0.05) is 13.8 Å². The van der Waals surface area contributed by atoms with E-state index in [1.54, 1.807) is 12.3 Å². The largest absolute Gasteiger partial charge is 0.367 e. The zero-order valence-electron chi connectivity index (χ0n) is 14.2. The molecule has 1 saturated heterocycles. The molecular weight excluding hydrogens is 335 g/mol. The Balaban J connectivity index is 0.00000242. The van der Waals surface area contributed by atoms with Crippen LogP contribution in [0.4, 0.5) is 5.82 Å². The minimum absolute atomic E-state index is 0. The molecule has 23 heavy (non-hydrogen) atoms. The first-order valence-electron chi connectivity index (χ1n) is 7.57. The van der Waals surface area contributed by atoms with Crippen molar-refractivity contribution in [3.05, 3.63) is 23.9 Å². The minimum atomic E-state index is -0.0538. The van der Waals surface area contributed by atoms with E-state index in [0.29, 0.717) is 24.5 Å². The average molecular weight is 363 g/mol. The molecule has 1 unspecified atom stereocenters. The number of piperidine rings is 1. The summed E-state index contributed by atoms with van der Waals surface area (Å²) in [6, 6.07) is 4.02. The highest BCUT2D eigenvalue weighted by atomic mass is 35.5. The number of pyridine rings is 1. The SMILES string of the molecule is CC(C)Nc1ncccc1C(=O)N1CCC(N)C(C)(C)C1.Cl.Cl. The molecule has 0 saturated carbocycles. The zero-order valence-corrected chi connectivity index (χ0v) is 15.8. The summed E-state index contributed by atoms with van der Waals surface area (Å²) in [4.78, 5) is 19.0. The third kappa shape index (κ3) is 5.23. The molecule has 1 fully saturated rings. The van der Waals surface area contributed by atoms with Crippen LogP contribution in [-0.2, 0) is 0 Å². The number of likely N-dealkylation sites (tertiary alicyclic amines) is 1. The molecule has 0 bridgehead atoms. The summed E-state index contributed by atoms with van der Waals surface area (Å²) in [6.07, 6.45) is 2.55. The van der Waals surface area contributed by atoms with Gasteiger partial charge in [0.05, 0.1) is 5.56 Å². The van der Waals surface area contributed by atoms with Crippen molar-refractivity contribution in [1.29, 1.82) is 0 Å². The van der Waals surface area contributed by atoms with E-state index in [2.05, 4.69) is 24.1 Å². The number of amides is 1. The summed E-state index contributed by atoms with van der Waals surface area (Å²) in [7, 11) is 0. The normalized spacial score (nSPS) is 19.6. The van der Waals surface area contributed by atoms with Crippen LogP contribution in [0.3, 0.4) is 0 Å². The minimum Gasteiger partial charge on any atom is -0.367 e. The third-order valence-electron chi connectivity index (χ3n) is 4.06. The Bertz CT molecular complexity index is 523. The molecule has 132 valence electrons. The number of nitrogens with one attached hydrogen (secondary N) is 1. The summed E-state index contributed by atoms with van der Waals surface area (Å²) < 4.78 is 0. The molecule has 1 atom stereocenters. The second-order valence-electron chi connectivity index (χ2n) is 6.81. The number of carbonyl (C=O) groups is 1. The molecule has 2 heterocycles. The number of nitrogens with zero attached hydrogens (tertiary/aromatic N) is 2. The van der Waals surface area contributed by atoms with E-state index >= 15 is 0 Å². The summed E-state index contributed by atoms with van der Waals surface area (Å²) in [6.45, 7) is 9.70. The maximum atomic E-state index is 12.8. The lowest BCUT2D eigenvalue weighted by Crippen LogP contribution is -2.54. The van der Waals surface area contributed by atoms with Crippen LogP contribution in [0.25, 0.3) is 0 Å². The lowest BCUT2D eigenvalue weighted by molar-refractivity contribution is 0.0533. The number of anilines is 1. The van der Waals surface area contributed by atoms with Crippen LogP contribution in [0.2, 0.25) is 0 Å². The predicted molar refractivity (Wildman–Crippen MR) is 99.8 cm³/mol. The number of hydrogen-bond donors (Lipinski definition) is 2. The lowest BCUT2D eigenvalue weighted by Gasteiger charge is -2.42. The summed E-state index contributed by atoms with van der Waals surface area (Å²) in [5.74, 6) is 0.691. The van der Waals surface area contributed by atoms with E-state index in [0.717, 1.165) is 6.42 Å². The van der Waals surface area contributed by atoms with E-state index in [-0.39, 0.29) is 48.2 Å². The second kappa shape index (κ2) is 8.71. The Hall–Kier alpha value is -1.04. The van der Waals surface area contributed by atoms with Gasteiger partial charge in [-0.05, 0) is 37.8 Å². The molecular formula is C16H28Cl2N4O. The maximum absolute atomic E-state index is 12.8. The van der Waals surface area contributed by atoms with Gasteiger partial charge in [-0.25, -0.2) is 4.98 Å². The molecule has 1 aliphatic heterocycles. The van der Waals surface area contributed by atoms with Crippen molar-refractivity contribution in [1.82, 2.24) is 9.88 Å². The van der Waals surface area contributed by atoms with E-state index in [9.17, 15) is 4.79 Å². The first-order valence-corrected chi connectivity index (χ1v) is 7.57. The third-order valence-corrected chi connectivity index (χ3v) is 4.06. The molecule has 0 aromatic carbocycles. The molecule has 0 radical (unpaired) electrons. The molecule has 3 N–H and O–H groups in total. The highest BCUT2D eigenvalue weighted by molar-refractivity contribution is 5.98. The Morgan fingerprint density at radius 2 is 2.09 bits per heavy atom. The monoisotopic (exact) mass is 362 g/mol. The average Bonchev–Trinajstić information content (AvgIpc) is 2.41. The van der Waals surface area contributed by atoms with Crippen molar-refractivity contribution >= 4 is 36.5 Å². The number of carbonyl (C=O) groups excluding carboxylic acids is 1. The first kappa shape index (κ1) is 22.0. The number of hydrogen-bond acceptors (Lipinski definition) is 4. The van der Waals surface area contributed by atoms with Gasteiger partial charge in [0.25, 0.3) is 5.91 Å². The van der Waals surface area contributed by atoms with Crippen molar-refractivity contribution in [2.24, 2.45) is 11.1 Å². The molecule has 5 nitrogen and oxygen atoms in total. The first-order chi connectivity index (χ1) is 9.81. The number of aromatic nitrogens is 1. The van der Waals surface area contributed by atoms with Crippen molar-refractivity contribution < 1.29 is 4.79 Å². The Morgan fingerprint density at radius 1 is 1.43 bits per heavy atom. The Labute approximate surface area is 151 Å². The standard InChI is InChI=1S/C16H26N4O.2ClH/c1-11(2)19-14-12(6-5-8-18-14)15(21)20-9-7-13(17)16(3,4)10-20;;/h5-6,8,11,13H,7,9-10,17H2,1-4H3,(H,18,19);2*1H. The smallest absolute Gasteiger partial charge is 0.257 e. The molecule has 1 amide bonds. The van der Waals surface area contributed by atoms with Gasteiger partial charge in [0.2, 0.25) is 0 Å². The topological polar surface area (TPSA) is 71.2 Å². The summed E-state index contributed by atoms with van der Waals surface area (Å²) in [5, 5.41) is 3.24.